The fourth-order valence-electron chi connectivity index (χ4n) is 3.50. The van der Waals surface area contributed by atoms with Crippen LogP contribution >= 0.6 is 0 Å². The molecular weight excluding hydrogens is 539 g/mol. The van der Waals surface area contributed by atoms with Gasteiger partial charge in [-0.2, -0.15) is 22.5 Å². The molecule has 1 unspecified atom stereocenters. The summed E-state index contributed by atoms with van der Waals surface area (Å²) in [5.41, 5.74) is 0.242. The van der Waals surface area contributed by atoms with Gasteiger partial charge in [0.15, 0.2) is 0 Å². The van der Waals surface area contributed by atoms with Crippen molar-refractivity contribution in [2.24, 2.45) is 0 Å². The summed E-state index contributed by atoms with van der Waals surface area (Å²) in [5, 5.41) is 3.64. The molecule has 0 N–H and O–H groups in total. The van der Waals surface area contributed by atoms with Crippen molar-refractivity contribution in [1.82, 2.24) is 15.0 Å². The van der Waals surface area contributed by atoms with Crippen molar-refractivity contribution in [3.05, 3.63) is 53.7 Å². The minimum atomic E-state index is -4.68. The smallest absolute Gasteiger partial charge is 0.428 e. The van der Waals surface area contributed by atoms with Crippen LogP contribution in [-0.2, 0) is 22.1 Å². The summed E-state index contributed by atoms with van der Waals surface area (Å²) in [5.74, 6) is -3.20. The highest BCUT2D eigenvalue weighted by Gasteiger charge is 2.44. The summed E-state index contributed by atoms with van der Waals surface area (Å²) in [7, 11) is 1.17. The van der Waals surface area contributed by atoms with Gasteiger partial charge < -0.3 is 19.1 Å². The number of aromatic nitrogens is 2. The molecule has 202 valence electrons. The number of halogens is 5. The van der Waals surface area contributed by atoms with Crippen LogP contribution in [0.25, 0.3) is 11.4 Å². The van der Waals surface area contributed by atoms with Crippen molar-refractivity contribution in [1.29, 1.82) is 0 Å². The van der Waals surface area contributed by atoms with E-state index in [0.717, 1.165) is 18.2 Å². The van der Waals surface area contributed by atoms with Crippen molar-refractivity contribution in [3.8, 4) is 17.1 Å². The second kappa shape index (κ2) is 10.5. The molecule has 1 aliphatic rings. The Morgan fingerprint density at radius 1 is 1.24 bits per heavy atom. The molecular formula is C23H19F5N4O5S. The lowest BCUT2D eigenvalue weighted by atomic mass is 10.1. The molecule has 0 radical (unpaired) electrons. The van der Waals surface area contributed by atoms with Gasteiger partial charge in [0.1, 0.15) is 11.6 Å². The van der Waals surface area contributed by atoms with Gasteiger partial charge >= 0.3 is 24.3 Å². The predicted molar refractivity (Wildman–Crippen MR) is 123 cm³/mol. The first-order valence-electron chi connectivity index (χ1n) is 10.9. The molecule has 2 aromatic carbocycles. The van der Waals surface area contributed by atoms with Crippen LogP contribution in [0.15, 0.2) is 45.8 Å². The Hall–Kier alpha value is -3.88. The van der Waals surface area contributed by atoms with Gasteiger partial charge in [-0.15, -0.1) is 0 Å². The van der Waals surface area contributed by atoms with Crippen molar-refractivity contribution in [2.45, 2.75) is 30.4 Å². The van der Waals surface area contributed by atoms with Gasteiger partial charge in [0, 0.05) is 26.3 Å². The number of hydrogen-bond acceptors (Lipinski definition) is 7. The Labute approximate surface area is 214 Å². The molecule has 15 heteroatoms. The first-order chi connectivity index (χ1) is 17.9. The van der Waals surface area contributed by atoms with E-state index in [1.54, 1.807) is 0 Å². The maximum absolute atomic E-state index is 15.0. The van der Waals surface area contributed by atoms with Gasteiger partial charge in [-0.25, -0.2) is 4.39 Å². The van der Waals surface area contributed by atoms with Gasteiger partial charge in [0.25, 0.3) is 0 Å². The maximum Gasteiger partial charge on any atom is 0.461 e. The Bertz CT molecular complexity index is 1400. The minimum Gasteiger partial charge on any atom is -0.428 e. The highest BCUT2D eigenvalue weighted by molar-refractivity contribution is 7.85. The molecule has 4 rings (SSSR count). The number of fused-ring (bicyclic) bond motifs is 1. The number of carbonyl (C=O) groups excluding carboxylic acids is 2. The summed E-state index contributed by atoms with van der Waals surface area (Å²) in [4.78, 5) is 31.4. The topological polar surface area (TPSA) is 106 Å². The summed E-state index contributed by atoms with van der Waals surface area (Å²) >= 11 is 0. The van der Waals surface area contributed by atoms with E-state index >= 15 is 4.39 Å². The number of carbonyl (C=O) groups is 2. The SMILES string of the molecule is CN(C)C(=O)c1nc(-c2cc3c(cc2F)S(=O)CCC(=O)N3Cc2ccc(OC(F)(F)C(F)F)cc2)no1. The molecule has 1 atom stereocenters. The number of amides is 2. The van der Waals surface area contributed by atoms with E-state index in [0.29, 0.717) is 5.56 Å². The van der Waals surface area contributed by atoms with Crippen molar-refractivity contribution in [2.75, 3.05) is 24.7 Å². The van der Waals surface area contributed by atoms with Crippen LogP contribution in [0.3, 0.4) is 0 Å². The summed E-state index contributed by atoms with van der Waals surface area (Å²) in [6.45, 7) is -0.157. The van der Waals surface area contributed by atoms with E-state index in [1.165, 1.54) is 42.1 Å². The first-order valence-corrected chi connectivity index (χ1v) is 12.2. The number of benzene rings is 2. The van der Waals surface area contributed by atoms with Crippen molar-refractivity contribution < 1.29 is 45.0 Å². The third-order valence-electron chi connectivity index (χ3n) is 5.42. The zero-order valence-corrected chi connectivity index (χ0v) is 20.6. The molecule has 0 bridgehead atoms. The number of rotatable bonds is 7. The molecule has 9 nitrogen and oxygen atoms in total. The quantitative estimate of drug-likeness (QED) is 0.406. The largest absolute Gasteiger partial charge is 0.461 e. The van der Waals surface area contributed by atoms with Crippen LogP contribution in [0.4, 0.5) is 27.6 Å². The van der Waals surface area contributed by atoms with E-state index in [9.17, 15) is 31.4 Å². The lowest BCUT2D eigenvalue weighted by Gasteiger charge is -2.23. The van der Waals surface area contributed by atoms with Crippen LogP contribution in [0, 0.1) is 5.82 Å². The Morgan fingerprint density at radius 3 is 2.55 bits per heavy atom. The van der Waals surface area contributed by atoms with Gasteiger partial charge in [-0.05, 0) is 29.8 Å². The summed E-state index contributed by atoms with van der Waals surface area (Å²) < 4.78 is 87.9. The van der Waals surface area contributed by atoms with Gasteiger partial charge in [-0.1, -0.05) is 17.3 Å². The molecule has 0 spiro atoms. The zero-order valence-electron chi connectivity index (χ0n) is 19.8. The van der Waals surface area contributed by atoms with Crippen LogP contribution in [0.2, 0.25) is 0 Å². The Kier molecular flexibility index (Phi) is 7.49. The fraction of sp³-hybridized carbons (Fsp3) is 0.304. The van der Waals surface area contributed by atoms with Crippen LogP contribution in [0.1, 0.15) is 22.7 Å². The molecule has 3 aromatic rings. The third kappa shape index (κ3) is 5.51. The second-order valence-electron chi connectivity index (χ2n) is 8.31. The predicted octanol–water partition coefficient (Wildman–Crippen LogP) is 3.86. The summed E-state index contributed by atoms with van der Waals surface area (Å²) in [6, 6.07) is 6.83. The molecule has 2 amide bonds. The highest BCUT2D eigenvalue weighted by Crippen LogP contribution is 2.36. The highest BCUT2D eigenvalue weighted by atomic mass is 32.2. The first kappa shape index (κ1) is 27.2. The molecule has 0 saturated carbocycles. The van der Waals surface area contributed by atoms with E-state index in [-0.39, 0.29) is 40.7 Å². The van der Waals surface area contributed by atoms with E-state index in [1.807, 2.05) is 0 Å². The molecule has 1 aromatic heterocycles. The van der Waals surface area contributed by atoms with Crippen molar-refractivity contribution >= 4 is 28.3 Å². The van der Waals surface area contributed by atoms with E-state index < -0.39 is 52.6 Å². The van der Waals surface area contributed by atoms with E-state index in [4.69, 9.17) is 4.52 Å². The lowest BCUT2D eigenvalue weighted by Crippen LogP contribution is -2.33. The second-order valence-corrected chi connectivity index (χ2v) is 9.85. The zero-order chi connectivity index (χ0) is 27.8. The molecule has 0 fully saturated rings. The van der Waals surface area contributed by atoms with Crippen LogP contribution < -0.4 is 9.64 Å². The molecule has 0 saturated heterocycles. The van der Waals surface area contributed by atoms with Gasteiger partial charge in [0.05, 0.1) is 33.5 Å². The number of hydrogen-bond donors (Lipinski definition) is 0. The number of nitrogens with zero attached hydrogens (tertiary/aromatic N) is 4. The van der Waals surface area contributed by atoms with Gasteiger partial charge in [-0.3, -0.25) is 13.8 Å². The number of alkyl halides is 4. The average molecular weight is 558 g/mol. The third-order valence-corrected chi connectivity index (χ3v) is 6.81. The standard InChI is InChI=1S/C23H19F5N4O5S/c1-31(2)21(34)20-29-19(30-37-20)14-9-16-17(10-15(14)24)38(35)8-7-18(33)32(16)11-12-3-5-13(6-4-12)36-23(27,28)22(25)26/h3-6,9-10,22H,7-8,11H2,1-2H3. The molecule has 38 heavy (non-hydrogen) atoms. The van der Waals surface area contributed by atoms with Gasteiger partial charge in [0.2, 0.25) is 11.7 Å². The minimum absolute atomic E-state index is 0.0294. The number of anilines is 1. The average Bonchev–Trinajstić information content (AvgIpc) is 3.32. The molecule has 1 aliphatic heterocycles. The lowest BCUT2D eigenvalue weighted by molar-refractivity contribution is -0.253. The molecule has 0 aliphatic carbocycles. The fourth-order valence-corrected chi connectivity index (χ4v) is 4.72. The Morgan fingerprint density at radius 2 is 1.92 bits per heavy atom. The van der Waals surface area contributed by atoms with E-state index in [2.05, 4.69) is 14.9 Å². The summed E-state index contributed by atoms with van der Waals surface area (Å²) in [6.07, 6.45) is -8.85. The Balaban J connectivity index is 1.68. The normalized spacial score (nSPS) is 15.8. The maximum atomic E-state index is 15.0. The molecule has 2 heterocycles. The van der Waals surface area contributed by atoms with Crippen molar-refractivity contribution in [3.63, 3.8) is 0 Å². The van der Waals surface area contributed by atoms with Crippen LogP contribution in [0.5, 0.6) is 5.75 Å². The monoisotopic (exact) mass is 558 g/mol. The number of ether oxygens (including phenoxy) is 1. The van der Waals surface area contributed by atoms with Crippen LogP contribution in [-0.4, -0.2) is 63.4 Å².